The van der Waals surface area contributed by atoms with Crippen molar-refractivity contribution >= 4 is 11.8 Å². The van der Waals surface area contributed by atoms with E-state index in [2.05, 4.69) is 46.4 Å². The van der Waals surface area contributed by atoms with Gasteiger partial charge in [-0.3, -0.25) is 4.98 Å². The SMILES string of the molecule is C[C@H](Sc1nnc(-c2ccncc2)n1C)c1ccccc1. The second kappa shape index (κ2) is 6.10. The zero-order valence-corrected chi connectivity index (χ0v) is 12.8. The molecule has 0 aliphatic heterocycles. The van der Waals surface area contributed by atoms with Crippen LogP contribution in [-0.2, 0) is 7.05 Å². The number of pyridine rings is 1. The lowest BCUT2D eigenvalue weighted by Crippen LogP contribution is -1.96. The summed E-state index contributed by atoms with van der Waals surface area (Å²) in [6, 6.07) is 14.3. The molecule has 2 aromatic heterocycles. The van der Waals surface area contributed by atoms with Crippen LogP contribution in [0.1, 0.15) is 17.7 Å². The summed E-state index contributed by atoms with van der Waals surface area (Å²) in [6.45, 7) is 2.18. The van der Waals surface area contributed by atoms with E-state index in [1.807, 2.05) is 29.8 Å². The normalized spacial score (nSPS) is 12.3. The van der Waals surface area contributed by atoms with Crippen molar-refractivity contribution in [1.82, 2.24) is 19.7 Å². The second-order valence-electron chi connectivity index (χ2n) is 4.77. The molecule has 3 rings (SSSR count). The molecule has 4 nitrogen and oxygen atoms in total. The monoisotopic (exact) mass is 296 g/mol. The first-order valence-corrected chi connectivity index (χ1v) is 7.65. The third-order valence-corrected chi connectivity index (χ3v) is 4.52. The summed E-state index contributed by atoms with van der Waals surface area (Å²) >= 11 is 1.71. The van der Waals surface area contributed by atoms with Crippen molar-refractivity contribution in [1.29, 1.82) is 0 Å². The highest BCUT2D eigenvalue weighted by molar-refractivity contribution is 7.99. The van der Waals surface area contributed by atoms with Gasteiger partial charge in [0, 0.05) is 30.3 Å². The molecule has 0 saturated heterocycles. The van der Waals surface area contributed by atoms with E-state index in [1.54, 1.807) is 24.2 Å². The number of hydrogen-bond donors (Lipinski definition) is 0. The largest absolute Gasteiger partial charge is 0.305 e. The van der Waals surface area contributed by atoms with Gasteiger partial charge in [0.25, 0.3) is 0 Å². The zero-order valence-electron chi connectivity index (χ0n) is 12.0. The van der Waals surface area contributed by atoms with Crippen LogP contribution >= 0.6 is 11.8 Å². The molecule has 1 atom stereocenters. The molecule has 0 spiro atoms. The van der Waals surface area contributed by atoms with Crippen LogP contribution in [-0.4, -0.2) is 19.7 Å². The molecule has 2 heterocycles. The zero-order chi connectivity index (χ0) is 14.7. The minimum atomic E-state index is 0.333. The van der Waals surface area contributed by atoms with Crippen LogP contribution in [0.25, 0.3) is 11.4 Å². The Kier molecular flexibility index (Phi) is 4.01. The topological polar surface area (TPSA) is 43.6 Å². The van der Waals surface area contributed by atoms with Crippen LogP contribution in [0.3, 0.4) is 0 Å². The van der Waals surface area contributed by atoms with Crippen molar-refractivity contribution in [3.05, 3.63) is 60.4 Å². The Morgan fingerprint density at radius 1 is 1.00 bits per heavy atom. The summed E-state index contributed by atoms with van der Waals surface area (Å²) < 4.78 is 2.03. The third kappa shape index (κ3) is 2.97. The average Bonchev–Trinajstić information content (AvgIpc) is 2.90. The summed E-state index contributed by atoms with van der Waals surface area (Å²) in [5, 5.41) is 9.86. The highest BCUT2D eigenvalue weighted by Gasteiger charge is 2.15. The third-order valence-electron chi connectivity index (χ3n) is 3.32. The van der Waals surface area contributed by atoms with Gasteiger partial charge >= 0.3 is 0 Å². The summed E-state index contributed by atoms with van der Waals surface area (Å²) in [5.74, 6) is 0.861. The summed E-state index contributed by atoms with van der Waals surface area (Å²) in [7, 11) is 2.00. The maximum atomic E-state index is 4.31. The molecule has 0 aliphatic carbocycles. The number of aromatic nitrogens is 4. The lowest BCUT2D eigenvalue weighted by molar-refractivity contribution is 0.790. The van der Waals surface area contributed by atoms with Gasteiger partial charge in [0.15, 0.2) is 11.0 Å². The van der Waals surface area contributed by atoms with E-state index in [9.17, 15) is 0 Å². The second-order valence-corrected chi connectivity index (χ2v) is 6.08. The Labute approximate surface area is 128 Å². The van der Waals surface area contributed by atoms with Crippen LogP contribution in [0.15, 0.2) is 60.0 Å². The van der Waals surface area contributed by atoms with Crippen LogP contribution in [0, 0.1) is 0 Å². The number of hydrogen-bond acceptors (Lipinski definition) is 4. The molecule has 0 radical (unpaired) electrons. The van der Waals surface area contributed by atoms with E-state index in [-0.39, 0.29) is 0 Å². The maximum Gasteiger partial charge on any atom is 0.191 e. The van der Waals surface area contributed by atoms with Gasteiger partial charge in [0.1, 0.15) is 0 Å². The number of benzene rings is 1. The van der Waals surface area contributed by atoms with Gasteiger partial charge < -0.3 is 4.57 Å². The van der Waals surface area contributed by atoms with Crippen LogP contribution in [0.2, 0.25) is 0 Å². The molecule has 0 unspecified atom stereocenters. The lowest BCUT2D eigenvalue weighted by atomic mass is 10.2. The van der Waals surface area contributed by atoms with Crippen molar-refractivity contribution in [3.8, 4) is 11.4 Å². The predicted molar refractivity (Wildman–Crippen MR) is 84.9 cm³/mol. The van der Waals surface area contributed by atoms with Gasteiger partial charge in [-0.05, 0) is 24.6 Å². The summed E-state index contributed by atoms with van der Waals surface area (Å²) in [4.78, 5) is 4.03. The molecule has 1 aromatic carbocycles. The predicted octanol–water partition coefficient (Wildman–Crippen LogP) is 3.73. The Morgan fingerprint density at radius 3 is 2.43 bits per heavy atom. The molecular formula is C16H16N4S. The maximum absolute atomic E-state index is 4.31. The van der Waals surface area contributed by atoms with Gasteiger partial charge in [-0.25, -0.2) is 0 Å². The van der Waals surface area contributed by atoms with Crippen molar-refractivity contribution < 1.29 is 0 Å². The smallest absolute Gasteiger partial charge is 0.191 e. The molecule has 5 heteroatoms. The fourth-order valence-corrected chi connectivity index (χ4v) is 3.06. The van der Waals surface area contributed by atoms with Gasteiger partial charge in [-0.15, -0.1) is 10.2 Å². The van der Waals surface area contributed by atoms with E-state index in [0.29, 0.717) is 5.25 Å². The Bertz CT molecular complexity index is 710. The van der Waals surface area contributed by atoms with Crippen molar-refractivity contribution in [2.24, 2.45) is 7.05 Å². The van der Waals surface area contributed by atoms with Crippen LogP contribution in [0.5, 0.6) is 0 Å². The minimum Gasteiger partial charge on any atom is -0.305 e. The van der Waals surface area contributed by atoms with Gasteiger partial charge in [-0.2, -0.15) is 0 Å². The minimum absolute atomic E-state index is 0.333. The Morgan fingerprint density at radius 2 is 1.71 bits per heavy atom. The molecule has 106 valence electrons. The first kappa shape index (κ1) is 13.8. The van der Waals surface area contributed by atoms with Gasteiger partial charge in [0.05, 0.1) is 0 Å². The number of nitrogens with zero attached hydrogens (tertiary/aromatic N) is 4. The number of rotatable bonds is 4. The van der Waals surface area contributed by atoms with E-state index < -0.39 is 0 Å². The van der Waals surface area contributed by atoms with E-state index >= 15 is 0 Å². The van der Waals surface area contributed by atoms with E-state index in [1.165, 1.54) is 5.56 Å². The fraction of sp³-hybridized carbons (Fsp3) is 0.188. The Hall–Kier alpha value is -2.14. The summed E-state index contributed by atoms with van der Waals surface area (Å²) in [6.07, 6.45) is 3.53. The standard InChI is InChI=1S/C16H16N4S/c1-12(13-6-4-3-5-7-13)21-16-19-18-15(20(16)2)14-8-10-17-11-9-14/h3-12H,1-2H3/t12-/m0/s1. The molecule has 0 bridgehead atoms. The fourth-order valence-electron chi connectivity index (χ4n) is 2.12. The van der Waals surface area contributed by atoms with Crippen LogP contribution in [0.4, 0.5) is 0 Å². The van der Waals surface area contributed by atoms with E-state index in [0.717, 1.165) is 16.5 Å². The van der Waals surface area contributed by atoms with Crippen molar-refractivity contribution in [2.75, 3.05) is 0 Å². The summed E-state index contributed by atoms with van der Waals surface area (Å²) in [5.41, 5.74) is 2.31. The molecule has 0 fully saturated rings. The highest BCUT2D eigenvalue weighted by Crippen LogP contribution is 2.34. The first-order valence-electron chi connectivity index (χ1n) is 6.77. The average molecular weight is 296 g/mol. The molecule has 3 aromatic rings. The molecule has 0 amide bonds. The highest BCUT2D eigenvalue weighted by atomic mass is 32.2. The van der Waals surface area contributed by atoms with Crippen molar-refractivity contribution in [2.45, 2.75) is 17.3 Å². The van der Waals surface area contributed by atoms with E-state index in [4.69, 9.17) is 0 Å². The van der Waals surface area contributed by atoms with Crippen LogP contribution < -0.4 is 0 Å². The molecule has 0 saturated carbocycles. The molecule has 0 N–H and O–H groups in total. The molecular weight excluding hydrogens is 280 g/mol. The van der Waals surface area contributed by atoms with Gasteiger partial charge in [-0.1, -0.05) is 42.1 Å². The van der Waals surface area contributed by atoms with Crippen molar-refractivity contribution in [3.63, 3.8) is 0 Å². The molecule has 0 aliphatic rings. The molecule has 21 heavy (non-hydrogen) atoms. The Balaban J connectivity index is 1.83. The van der Waals surface area contributed by atoms with Gasteiger partial charge in [0.2, 0.25) is 0 Å². The number of thioether (sulfide) groups is 1. The quantitative estimate of drug-likeness (QED) is 0.688. The lowest BCUT2D eigenvalue weighted by Gasteiger charge is -2.10. The first-order chi connectivity index (χ1) is 10.3.